The highest BCUT2D eigenvalue weighted by molar-refractivity contribution is 5.93. The van der Waals surface area contributed by atoms with Crippen LogP contribution in [0, 0.1) is 0 Å². The van der Waals surface area contributed by atoms with E-state index in [0.29, 0.717) is 35.2 Å². The summed E-state index contributed by atoms with van der Waals surface area (Å²) in [5.74, 6) is 3.29. The number of halogens is 2. The number of hydrogen-bond acceptors (Lipinski definition) is 4. The number of pyridine rings is 4. The van der Waals surface area contributed by atoms with E-state index in [4.69, 9.17) is 11.5 Å². The van der Waals surface area contributed by atoms with E-state index in [-0.39, 0.29) is 24.8 Å². The van der Waals surface area contributed by atoms with Crippen LogP contribution in [0.15, 0.2) is 108 Å². The van der Waals surface area contributed by atoms with Crippen LogP contribution in [-0.2, 0) is 0 Å². The van der Waals surface area contributed by atoms with Gasteiger partial charge in [-0.25, -0.2) is 19.9 Å². The minimum atomic E-state index is 0. The predicted octanol–water partition coefficient (Wildman–Crippen LogP) is -4.08. The molecule has 4 aromatic heterocycles. The highest BCUT2D eigenvalue weighted by Crippen LogP contribution is 2.04. The number of H-pyrrole nitrogens is 2. The van der Waals surface area contributed by atoms with Crippen molar-refractivity contribution in [2.75, 3.05) is 10.6 Å². The number of anilines is 2. The van der Waals surface area contributed by atoms with Crippen molar-refractivity contribution in [3.8, 4) is 0 Å². The fraction of sp³-hybridized carbons (Fsp3) is 0. The summed E-state index contributed by atoms with van der Waals surface area (Å²) in [6.45, 7) is 0. The van der Waals surface area contributed by atoms with Gasteiger partial charge in [-0.2, -0.15) is 0 Å². The van der Waals surface area contributed by atoms with Gasteiger partial charge in [0.15, 0.2) is 0 Å². The van der Waals surface area contributed by atoms with Gasteiger partial charge in [0.2, 0.25) is 0 Å². The molecule has 176 valence electrons. The SMILES string of the molecule is N/C(=N\c1cccc[nH+]1)Nc1ccccn1.N/C(=N\c1cccc[nH+]1)Nc1ccccn1.[Cl-].[Cl-]. The third-order valence-electron chi connectivity index (χ3n) is 3.71. The molecule has 8 N–H and O–H groups in total. The lowest BCUT2D eigenvalue weighted by Gasteiger charge is -1.98. The summed E-state index contributed by atoms with van der Waals surface area (Å²) in [6, 6.07) is 22.2. The second-order valence-electron chi connectivity index (χ2n) is 6.17. The summed E-state index contributed by atoms with van der Waals surface area (Å²) in [6.07, 6.45) is 6.94. The number of rotatable bonds is 4. The molecular weight excluding hydrogens is 475 g/mol. The lowest BCUT2D eigenvalue weighted by molar-refractivity contribution is -0.363. The highest BCUT2D eigenvalue weighted by atomic mass is 35.5. The van der Waals surface area contributed by atoms with Crippen molar-refractivity contribution in [2.45, 2.75) is 0 Å². The molecule has 0 aromatic carbocycles. The first-order valence-corrected chi connectivity index (χ1v) is 9.67. The van der Waals surface area contributed by atoms with E-state index < -0.39 is 0 Å². The first-order valence-electron chi connectivity index (χ1n) is 9.67. The minimum Gasteiger partial charge on any atom is -1.00 e. The van der Waals surface area contributed by atoms with Gasteiger partial charge >= 0.3 is 23.6 Å². The van der Waals surface area contributed by atoms with E-state index in [1.807, 2.05) is 72.8 Å². The summed E-state index contributed by atoms with van der Waals surface area (Å²) < 4.78 is 0. The van der Waals surface area contributed by atoms with E-state index >= 15 is 0 Å². The number of guanidine groups is 2. The average Bonchev–Trinajstić information content (AvgIpc) is 2.82. The molecule has 0 atom stereocenters. The summed E-state index contributed by atoms with van der Waals surface area (Å²) >= 11 is 0. The molecule has 0 spiro atoms. The summed E-state index contributed by atoms with van der Waals surface area (Å²) in [5, 5.41) is 5.77. The van der Waals surface area contributed by atoms with Crippen LogP contribution >= 0.6 is 0 Å². The van der Waals surface area contributed by atoms with Crippen LogP contribution in [0.1, 0.15) is 0 Å². The van der Waals surface area contributed by atoms with Crippen LogP contribution in [0.5, 0.6) is 0 Å². The first kappa shape index (κ1) is 27.8. The van der Waals surface area contributed by atoms with E-state index in [1.54, 1.807) is 24.8 Å². The molecule has 4 rings (SSSR count). The molecule has 0 radical (unpaired) electrons. The predicted molar refractivity (Wildman–Crippen MR) is 124 cm³/mol. The van der Waals surface area contributed by atoms with Crippen molar-refractivity contribution in [3.63, 3.8) is 0 Å². The molecule has 0 saturated carbocycles. The number of aliphatic imine (C=N–C) groups is 2. The largest absolute Gasteiger partial charge is 1.00 e. The second kappa shape index (κ2) is 15.5. The number of nitrogens with zero attached hydrogens (tertiary/aromatic N) is 4. The molecule has 0 aliphatic heterocycles. The van der Waals surface area contributed by atoms with Gasteiger partial charge in [-0.05, 0) is 46.4 Å². The fourth-order valence-corrected chi connectivity index (χ4v) is 2.36. The van der Waals surface area contributed by atoms with Gasteiger partial charge < -0.3 is 36.3 Å². The zero-order chi connectivity index (χ0) is 22.4. The molecule has 0 unspecified atom stereocenters. The Labute approximate surface area is 209 Å². The van der Waals surface area contributed by atoms with Crippen LogP contribution in [0.3, 0.4) is 0 Å². The molecule has 0 bridgehead atoms. The van der Waals surface area contributed by atoms with Crippen molar-refractivity contribution < 1.29 is 34.8 Å². The summed E-state index contributed by atoms with van der Waals surface area (Å²) in [4.78, 5) is 22.4. The van der Waals surface area contributed by atoms with Crippen molar-refractivity contribution in [2.24, 2.45) is 21.5 Å². The van der Waals surface area contributed by atoms with Crippen LogP contribution in [0.2, 0.25) is 0 Å². The van der Waals surface area contributed by atoms with Crippen LogP contribution in [0.25, 0.3) is 0 Å². The maximum Gasteiger partial charge on any atom is 0.325 e. The number of aromatic amines is 2. The fourth-order valence-electron chi connectivity index (χ4n) is 2.36. The number of nitrogens with one attached hydrogen (secondary N) is 4. The third kappa shape index (κ3) is 10.4. The van der Waals surface area contributed by atoms with Gasteiger partial charge in [0.1, 0.15) is 11.6 Å². The van der Waals surface area contributed by atoms with E-state index in [9.17, 15) is 0 Å². The first-order chi connectivity index (χ1) is 15.7. The normalized spacial score (nSPS) is 10.5. The second-order valence-corrected chi connectivity index (χ2v) is 6.17. The Morgan fingerprint density at radius 2 is 1.03 bits per heavy atom. The quantitative estimate of drug-likeness (QED) is 0.165. The molecule has 0 fully saturated rings. The van der Waals surface area contributed by atoms with Crippen molar-refractivity contribution in [1.82, 2.24) is 9.97 Å². The molecule has 12 heteroatoms. The zero-order valence-electron chi connectivity index (χ0n) is 17.9. The minimum absolute atomic E-state index is 0. The summed E-state index contributed by atoms with van der Waals surface area (Å²) in [7, 11) is 0. The Morgan fingerprint density at radius 3 is 1.35 bits per heavy atom. The summed E-state index contributed by atoms with van der Waals surface area (Å²) in [5.41, 5.74) is 11.4. The lowest BCUT2D eigenvalue weighted by Crippen LogP contribution is -3.00. The zero-order valence-corrected chi connectivity index (χ0v) is 19.4. The molecule has 4 heterocycles. The molecule has 0 aliphatic rings. The molecule has 34 heavy (non-hydrogen) atoms. The van der Waals surface area contributed by atoms with Crippen molar-refractivity contribution in [1.29, 1.82) is 0 Å². The Hall–Kier alpha value is -4.28. The highest BCUT2D eigenvalue weighted by Gasteiger charge is 2.04. The van der Waals surface area contributed by atoms with Gasteiger partial charge in [-0.1, -0.05) is 24.3 Å². The molecule has 10 nitrogen and oxygen atoms in total. The van der Waals surface area contributed by atoms with Crippen LogP contribution < -0.4 is 56.9 Å². The Kier molecular flexibility index (Phi) is 12.7. The van der Waals surface area contributed by atoms with E-state index in [1.165, 1.54) is 0 Å². The lowest BCUT2D eigenvalue weighted by atomic mass is 10.4. The molecule has 4 aromatic rings. The van der Waals surface area contributed by atoms with Crippen LogP contribution in [-0.4, -0.2) is 21.9 Å². The smallest absolute Gasteiger partial charge is 0.325 e. The maximum absolute atomic E-state index is 5.72. The van der Waals surface area contributed by atoms with Gasteiger partial charge in [0, 0.05) is 24.5 Å². The Morgan fingerprint density at radius 1 is 0.618 bits per heavy atom. The maximum atomic E-state index is 5.72. The average molecular weight is 499 g/mol. The molecular formula is C22H24Cl2N10. The number of hydrogen-bond donors (Lipinski definition) is 4. The monoisotopic (exact) mass is 498 g/mol. The van der Waals surface area contributed by atoms with Gasteiger partial charge in [0.05, 0.1) is 12.4 Å². The molecule has 0 saturated heterocycles. The van der Waals surface area contributed by atoms with Crippen molar-refractivity contribution >= 4 is 35.2 Å². The molecule has 0 amide bonds. The Balaban J connectivity index is 0.000000321. The van der Waals surface area contributed by atoms with Crippen molar-refractivity contribution in [3.05, 3.63) is 97.6 Å². The number of nitrogens with two attached hydrogens (primary N) is 2. The van der Waals surface area contributed by atoms with Crippen LogP contribution in [0.4, 0.5) is 23.3 Å². The Bertz CT molecular complexity index is 1040. The third-order valence-corrected chi connectivity index (χ3v) is 3.71. The van der Waals surface area contributed by atoms with E-state index in [2.05, 4.69) is 40.6 Å². The van der Waals surface area contributed by atoms with E-state index in [0.717, 1.165) is 0 Å². The van der Waals surface area contributed by atoms with Gasteiger partial charge in [0.25, 0.3) is 0 Å². The standard InChI is InChI=1S/2C11H11N5.2ClH/c2*12-11(15-9-5-1-3-7-13-9)16-10-6-2-4-8-14-10;;/h2*1-8H,(H3,12,13,14,15,16);2*1H. The molecule has 0 aliphatic carbocycles. The van der Waals surface area contributed by atoms with Gasteiger partial charge in [-0.15, -0.1) is 0 Å². The number of aromatic nitrogens is 4. The topological polar surface area (TPSA) is 155 Å². The van der Waals surface area contributed by atoms with Gasteiger partial charge in [-0.3, -0.25) is 10.6 Å².